The van der Waals surface area contributed by atoms with Crippen molar-refractivity contribution < 1.29 is 27.1 Å². The maximum atomic E-state index is 13.0. The van der Waals surface area contributed by atoms with E-state index in [-0.39, 0.29) is 23.7 Å². The van der Waals surface area contributed by atoms with Crippen LogP contribution in [0.1, 0.15) is 10.4 Å². The minimum absolute atomic E-state index is 0.0256. The maximum Gasteiger partial charge on any atom is 0.338 e. The number of nitrogens with two attached hydrogens (primary N) is 1. The lowest BCUT2D eigenvalue weighted by atomic mass is 10.2. The van der Waals surface area contributed by atoms with E-state index in [1.54, 1.807) is 0 Å². The lowest BCUT2D eigenvalue weighted by molar-refractivity contribution is 0.0450. The van der Waals surface area contributed by atoms with Crippen LogP contribution in [0, 0.1) is 5.82 Å². The minimum Gasteiger partial charge on any atom is -0.490 e. The summed E-state index contributed by atoms with van der Waals surface area (Å²) in [5.74, 6) is -0.775. The van der Waals surface area contributed by atoms with Crippen LogP contribution < -0.4 is 9.88 Å². The number of rotatable bonds is 6. The third-order valence-corrected chi connectivity index (χ3v) is 3.73. The van der Waals surface area contributed by atoms with Crippen LogP contribution in [0.4, 0.5) is 4.39 Å². The summed E-state index contributed by atoms with van der Waals surface area (Å²) in [5.41, 5.74) is 0.113. The van der Waals surface area contributed by atoms with E-state index in [2.05, 4.69) is 0 Å². The molecule has 23 heavy (non-hydrogen) atoms. The van der Waals surface area contributed by atoms with E-state index in [1.807, 2.05) is 0 Å². The summed E-state index contributed by atoms with van der Waals surface area (Å²) in [6, 6.07) is 10.7. The van der Waals surface area contributed by atoms with Crippen molar-refractivity contribution in [3.63, 3.8) is 0 Å². The number of hydrogen-bond donors (Lipinski definition) is 1. The molecule has 0 atom stereocenters. The van der Waals surface area contributed by atoms with Gasteiger partial charge in [-0.1, -0.05) is 6.07 Å². The van der Waals surface area contributed by atoms with Crippen LogP contribution >= 0.6 is 0 Å². The highest BCUT2D eigenvalue weighted by Gasteiger charge is 2.09. The Morgan fingerprint density at radius 3 is 2.39 bits per heavy atom. The van der Waals surface area contributed by atoms with Gasteiger partial charge in [-0.2, -0.15) is 0 Å². The number of carbonyl (C=O) groups excluding carboxylic acids is 1. The molecule has 0 fully saturated rings. The van der Waals surface area contributed by atoms with E-state index in [0.29, 0.717) is 5.75 Å². The van der Waals surface area contributed by atoms with Gasteiger partial charge in [0.05, 0.1) is 10.5 Å². The van der Waals surface area contributed by atoms with Crippen molar-refractivity contribution in [2.45, 2.75) is 4.90 Å². The molecule has 0 radical (unpaired) electrons. The highest BCUT2D eigenvalue weighted by Crippen LogP contribution is 2.14. The van der Waals surface area contributed by atoms with Gasteiger partial charge in [-0.25, -0.2) is 22.7 Å². The van der Waals surface area contributed by atoms with Gasteiger partial charge in [0.1, 0.15) is 24.8 Å². The molecule has 0 aliphatic carbocycles. The van der Waals surface area contributed by atoms with Gasteiger partial charge in [-0.15, -0.1) is 0 Å². The molecule has 2 aromatic carbocycles. The van der Waals surface area contributed by atoms with Crippen LogP contribution in [0.15, 0.2) is 53.4 Å². The second-order valence-corrected chi connectivity index (χ2v) is 6.07. The van der Waals surface area contributed by atoms with E-state index in [9.17, 15) is 17.6 Å². The molecule has 0 unspecified atom stereocenters. The van der Waals surface area contributed by atoms with Gasteiger partial charge < -0.3 is 9.47 Å². The average molecular weight is 339 g/mol. The lowest BCUT2D eigenvalue weighted by Crippen LogP contribution is -2.13. The van der Waals surface area contributed by atoms with Gasteiger partial charge in [0.15, 0.2) is 0 Å². The molecule has 2 aromatic rings. The van der Waals surface area contributed by atoms with Crippen LogP contribution in [0.5, 0.6) is 5.75 Å². The Bertz CT molecular complexity index is 790. The molecular weight excluding hydrogens is 325 g/mol. The molecule has 0 heterocycles. The van der Waals surface area contributed by atoms with E-state index in [0.717, 1.165) is 6.07 Å². The van der Waals surface area contributed by atoms with E-state index < -0.39 is 21.8 Å². The standard InChI is InChI=1S/C15H14FNO5S/c16-12-3-1-2-11(10-12)15(18)22-9-8-21-13-4-6-14(7-5-13)23(17,19)20/h1-7,10H,8-9H2,(H2,17,19,20). The summed E-state index contributed by atoms with van der Waals surface area (Å²) in [6.45, 7) is 0.0298. The molecule has 0 bridgehead atoms. The van der Waals surface area contributed by atoms with Crippen molar-refractivity contribution >= 4 is 16.0 Å². The van der Waals surface area contributed by atoms with Crippen LogP contribution in [0.25, 0.3) is 0 Å². The minimum atomic E-state index is -3.75. The molecule has 0 aromatic heterocycles. The largest absolute Gasteiger partial charge is 0.490 e. The summed E-state index contributed by atoms with van der Waals surface area (Å²) < 4.78 is 45.4. The zero-order valence-electron chi connectivity index (χ0n) is 11.9. The summed E-state index contributed by atoms with van der Waals surface area (Å²) in [5, 5.41) is 4.97. The topological polar surface area (TPSA) is 95.7 Å². The number of ether oxygens (including phenoxy) is 2. The molecule has 0 aliphatic heterocycles. The fourth-order valence-electron chi connectivity index (χ4n) is 1.72. The molecule has 2 N–H and O–H groups in total. The Morgan fingerprint density at radius 1 is 1.09 bits per heavy atom. The van der Waals surface area contributed by atoms with E-state index in [1.165, 1.54) is 42.5 Å². The fraction of sp³-hybridized carbons (Fsp3) is 0.133. The molecule has 0 spiro atoms. The van der Waals surface area contributed by atoms with Gasteiger partial charge in [0.25, 0.3) is 0 Å². The van der Waals surface area contributed by atoms with Crippen molar-refractivity contribution in [2.75, 3.05) is 13.2 Å². The zero-order valence-corrected chi connectivity index (χ0v) is 12.8. The monoisotopic (exact) mass is 339 g/mol. The lowest BCUT2D eigenvalue weighted by Gasteiger charge is -2.08. The van der Waals surface area contributed by atoms with Crippen molar-refractivity contribution in [1.82, 2.24) is 0 Å². The summed E-state index contributed by atoms with van der Waals surface area (Å²) in [7, 11) is -3.75. The first kappa shape index (κ1) is 16.9. The van der Waals surface area contributed by atoms with Gasteiger partial charge in [-0.05, 0) is 42.5 Å². The number of sulfonamides is 1. The normalized spacial score (nSPS) is 11.0. The van der Waals surface area contributed by atoms with Gasteiger partial charge in [0.2, 0.25) is 10.0 Å². The number of esters is 1. The number of carbonyl (C=O) groups is 1. The molecule has 0 amide bonds. The van der Waals surface area contributed by atoms with Crippen molar-refractivity contribution in [2.24, 2.45) is 5.14 Å². The highest BCUT2D eigenvalue weighted by atomic mass is 32.2. The van der Waals surface area contributed by atoms with Crippen LogP contribution in [-0.4, -0.2) is 27.6 Å². The van der Waals surface area contributed by atoms with E-state index in [4.69, 9.17) is 14.6 Å². The Hall–Kier alpha value is -2.45. The molecule has 0 saturated carbocycles. The second-order valence-electron chi connectivity index (χ2n) is 4.51. The predicted molar refractivity (Wildman–Crippen MR) is 80.0 cm³/mol. The number of primary sulfonamides is 1. The van der Waals surface area contributed by atoms with Crippen molar-refractivity contribution in [3.8, 4) is 5.75 Å². The number of hydrogen-bond acceptors (Lipinski definition) is 5. The van der Waals surface area contributed by atoms with Crippen LogP contribution in [0.3, 0.4) is 0 Å². The smallest absolute Gasteiger partial charge is 0.338 e. The van der Waals surface area contributed by atoms with Crippen LogP contribution in [-0.2, 0) is 14.8 Å². The maximum absolute atomic E-state index is 13.0. The average Bonchev–Trinajstić information content (AvgIpc) is 2.51. The number of benzene rings is 2. The van der Waals surface area contributed by atoms with Crippen molar-refractivity contribution in [1.29, 1.82) is 0 Å². The highest BCUT2D eigenvalue weighted by molar-refractivity contribution is 7.89. The molecule has 0 aliphatic rings. The summed E-state index contributed by atoms with van der Waals surface area (Å²) in [4.78, 5) is 11.6. The van der Waals surface area contributed by atoms with Gasteiger partial charge >= 0.3 is 5.97 Å². The Labute approximate surface area is 132 Å². The number of halogens is 1. The van der Waals surface area contributed by atoms with Gasteiger partial charge in [0, 0.05) is 0 Å². The third-order valence-electron chi connectivity index (χ3n) is 2.80. The van der Waals surface area contributed by atoms with Crippen LogP contribution in [0.2, 0.25) is 0 Å². The third kappa shape index (κ3) is 5.04. The Morgan fingerprint density at radius 2 is 1.78 bits per heavy atom. The Balaban J connectivity index is 1.80. The molecule has 6 nitrogen and oxygen atoms in total. The Kier molecular flexibility index (Phi) is 5.30. The second kappa shape index (κ2) is 7.21. The summed E-state index contributed by atoms with van der Waals surface area (Å²) in [6.07, 6.45) is 0. The predicted octanol–water partition coefficient (Wildman–Crippen LogP) is 1.71. The van der Waals surface area contributed by atoms with Gasteiger partial charge in [-0.3, -0.25) is 0 Å². The molecular formula is C15H14FNO5S. The fourth-order valence-corrected chi connectivity index (χ4v) is 2.23. The zero-order chi connectivity index (χ0) is 16.9. The quantitative estimate of drug-likeness (QED) is 0.638. The first-order chi connectivity index (χ1) is 10.9. The van der Waals surface area contributed by atoms with Crippen molar-refractivity contribution in [3.05, 3.63) is 59.9 Å². The first-order valence-corrected chi connectivity index (χ1v) is 8.09. The first-order valence-electron chi connectivity index (χ1n) is 6.54. The molecule has 2 rings (SSSR count). The molecule has 0 saturated heterocycles. The molecule has 8 heteroatoms. The SMILES string of the molecule is NS(=O)(=O)c1ccc(OCCOC(=O)c2cccc(F)c2)cc1. The summed E-state index contributed by atoms with van der Waals surface area (Å²) >= 11 is 0. The molecule has 122 valence electrons. The van der Waals surface area contributed by atoms with E-state index >= 15 is 0 Å².